The molecule has 31 heavy (non-hydrogen) atoms. The number of hydrogen-bond acceptors (Lipinski definition) is 6. The van der Waals surface area contributed by atoms with Crippen molar-refractivity contribution < 1.29 is 32.8 Å². The Hall–Kier alpha value is -3.07. The van der Waals surface area contributed by atoms with Crippen molar-refractivity contribution in [2.45, 2.75) is 44.9 Å². The summed E-state index contributed by atoms with van der Waals surface area (Å²) in [5.74, 6) is -2.19. The molecule has 1 atom stereocenters. The highest BCUT2D eigenvalue weighted by Crippen LogP contribution is 2.23. The Balaban J connectivity index is 2.30. The van der Waals surface area contributed by atoms with E-state index in [0.717, 1.165) is 0 Å². The molecule has 0 aliphatic heterocycles. The predicted octanol–water partition coefficient (Wildman–Crippen LogP) is 4.01. The van der Waals surface area contributed by atoms with E-state index in [0.29, 0.717) is 16.9 Å². The maximum atomic E-state index is 13.0. The van der Waals surface area contributed by atoms with E-state index in [1.165, 1.54) is 0 Å². The van der Waals surface area contributed by atoms with E-state index in [1.54, 1.807) is 69.3 Å². The fraction of sp³-hybridized carbons (Fsp3) is 0.318. The van der Waals surface area contributed by atoms with Crippen LogP contribution in [0, 0.1) is 0 Å². The lowest BCUT2D eigenvalue weighted by molar-refractivity contribution is -0.171. The van der Waals surface area contributed by atoms with Gasteiger partial charge < -0.3 is 18.4 Å². The van der Waals surface area contributed by atoms with Crippen molar-refractivity contribution in [3.8, 4) is 5.75 Å². The van der Waals surface area contributed by atoms with E-state index in [-0.39, 0.29) is 13.0 Å². The molecule has 2 aromatic carbocycles. The number of ether oxygens (including phenoxy) is 2. The summed E-state index contributed by atoms with van der Waals surface area (Å²) in [5, 5.41) is 12.2. The van der Waals surface area contributed by atoms with Gasteiger partial charge in [0, 0.05) is 6.42 Å². The van der Waals surface area contributed by atoms with Crippen molar-refractivity contribution in [2.75, 3.05) is 0 Å². The van der Waals surface area contributed by atoms with Crippen molar-refractivity contribution in [2.24, 2.45) is 0 Å². The molecular formula is C22H24BrNO7. The summed E-state index contributed by atoms with van der Waals surface area (Å²) in [4.78, 5) is 37.7. The first kappa shape index (κ1) is 24.2. The van der Waals surface area contributed by atoms with Crippen molar-refractivity contribution in [1.82, 2.24) is 5.32 Å². The largest absolute Gasteiger partial charge is 0.479 e. The van der Waals surface area contributed by atoms with Gasteiger partial charge in [-0.25, -0.2) is 14.4 Å². The van der Waals surface area contributed by atoms with Gasteiger partial charge in [-0.1, -0.05) is 42.5 Å². The molecule has 0 aliphatic carbocycles. The summed E-state index contributed by atoms with van der Waals surface area (Å²) in [6, 6.07) is 15.2. The number of carboxylic acids is 1. The van der Waals surface area contributed by atoms with Crippen molar-refractivity contribution in [1.29, 1.82) is 0 Å². The van der Waals surface area contributed by atoms with Gasteiger partial charge in [-0.2, -0.15) is 0 Å². The van der Waals surface area contributed by atoms with Crippen LogP contribution >= 0.6 is 16.3 Å². The molecule has 0 aliphatic rings. The second-order valence-electron chi connectivity index (χ2n) is 7.80. The van der Waals surface area contributed by atoms with Crippen molar-refractivity contribution in [3.63, 3.8) is 0 Å². The second-order valence-corrected chi connectivity index (χ2v) is 8.12. The molecule has 2 rings (SSSR count). The first-order valence-corrected chi connectivity index (χ1v) is 10.0. The molecule has 166 valence electrons. The number of rotatable bonds is 8. The van der Waals surface area contributed by atoms with Gasteiger partial charge in [0.1, 0.15) is 18.0 Å². The molecule has 0 saturated carbocycles. The number of benzene rings is 2. The smallest absolute Gasteiger partial charge is 0.408 e. The number of carboxylic acid groups (broad SMARTS) is 1. The van der Waals surface area contributed by atoms with Crippen LogP contribution in [0.25, 0.3) is 0 Å². The molecule has 0 unspecified atom stereocenters. The van der Waals surface area contributed by atoms with Crippen LogP contribution in [0.1, 0.15) is 31.9 Å². The van der Waals surface area contributed by atoms with Crippen molar-refractivity contribution >= 4 is 34.3 Å². The van der Waals surface area contributed by atoms with Crippen LogP contribution < -0.4 is 9.15 Å². The lowest BCUT2D eigenvalue weighted by Gasteiger charge is -2.31. The molecule has 1 amide bonds. The molecule has 0 heterocycles. The van der Waals surface area contributed by atoms with Crippen LogP contribution in [-0.2, 0) is 32.1 Å². The minimum Gasteiger partial charge on any atom is -0.479 e. The third-order valence-corrected chi connectivity index (χ3v) is 4.50. The van der Waals surface area contributed by atoms with Crippen LogP contribution in [0.3, 0.4) is 0 Å². The lowest BCUT2D eigenvalue weighted by atomic mass is 9.90. The molecular weight excluding hydrogens is 470 g/mol. The number of aliphatic carboxylic acids is 1. The van der Waals surface area contributed by atoms with Crippen molar-refractivity contribution in [3.05, 3.63) is 65.7 Å². The monoisotopic (exact) mass is 493 g/mol. The Bertz CT molecular complexity index is 910. The molecule has 8 nitrogen and oxygen atoms in total. The molecule has 0 fully saturated rings. The topological polar surface area (TPSA) is 111 Å². The summed E-state index contributed by atoms with van der Waals surface area (Å²) >= 11 is 2.85. The van der Waals surface area contributed by atoms with Crippen LogP contribution in [0.2, 0.25) is 0 Å². The number of halogens is 1. The standard InChI is InChI=1S/C22H24BrNO7/c1-21(2,3)30-19(27)22(18(25)26,13-15-9-11-17(31-23)12-10-15)24-20(28)29-14-16-7-5-4-6-8-16/h4-12H,13-14H2,1-3H3,(H,24,28)(H,25,26)/t22-/m0/s1. The van der Waals surface area contributed by atoms with Gasteiger partial charge >= 0.3 is 18.0 Å². The number of carbonyl (C=O) groups is 3. The number of nitrogens with one attached hydrogen (secondary N) is 1. The van der Waals surface area contributed by atoms with E-state index in [2.05, 4.69) is 21.6 Å². The molecule has 9 heteroatoms. The van der Waals surface area contributed by atoms with Gasteiger partial charge in [0.25, 0.3) is 0 Å². The van der Waals surface area contributed by atoms with Gasteiger partial charge in [-0.15, -0.1) is 0 Å². The van der Waals surface area contributed by atoms with Gasteiger partial charge in [-0.3, -0.25) is 5.32 Å². The third kappa shape index (κ3) is 6.99. The van der Waals surface area contributed by atoms with E-state index in [4.69, 9.17) is 13.3 Å². The molecule has 0 saturated heterocycles. The van der Waals surface area contributed by atoms with E-state index < -0.39 is 29.2 Å². The summed E-state index contributed by atoms with van der Waals surface area (Å²) in [6.07, 6.45) is -1.42. The van der Waals surface area contributed by atoms with Crippen LogP contribution in [0.15, 0.2) is 54.6 Å². The Labute approximate surface area is 188 Å². The Morgan fingerprint density at radius 3 is 2.10 bits per heavy atom. The average Bonchev–Trinajstić information content (AvgIpc) is 2.71. The second kappa shape index (κ2) is 10.3. The number of esters is 1. The quantitative estimate of drug-likeness (QED) is 0.422. The highest BCUT2D eigenvalue weighted by Gasteiger charge is 2.51. The summed E-state index contributed by atoms with van der Waals surface area (Å²) < 4.78 is 15.4. The molecule has 0 radical (unpaired) electrons. The normalized spacial score (nSPS) is 12.9. The van der Waals surface area contributed by atoms with Gasteiger partial charge in [0.05, 0.1) is 0 Å². The Morgan fingerprint density at radius 1 is 0.968 bits per heavy atom. The highest BCUT2D eigenvalue weighted by molar-refractivity contribution is 9.06. The first-order chi connectivity index (χ1) is 14.6. The minimum atomic E-state index is -2.39. The van der Waals surface area contributed by atoms with Crippen LogP contribution in [-0.4, -0.2) is 34.3 Å². The third-order valence-electron chi connectivity index (χ3n) is 4.12. The maximum absolute atomic E-state index is 13.0. The number of hydrogen-bond donors (Lipinski definition) is 2. The molecule has 2 N–H and O–H groups in total. The fourth-order valence-corrected chi connectivity index (χ4v) is 2.86. The Morgan fingerprint density at radius 2 is 1.58 bits per heavy atom. The fourth-order valence-electron chi connectivity index (χ4n) is 2.65. The first-order valence-electron chi connectivity index (χ1n) is 9.39. The zero-order valence-corrected chi connectivity index (χ0v) is 19.0. The highest BCUT2D eigenvalue weighted by atomic mass is 79.9. The minimum absolute atomic E-state index is 0.0893. The summed E-state index contributed by atoms with van der Waals surface area (Å²) in [7, 11) is 0. The van der Waals surface area contributed by atoms with Gasteiger partial charge in [0.2, 0.25) is 5.54 Å². The summed E-state index contributed by atoms with van der Waals surface area (Å²) in [6.45, 7) is 4.72. The SMILES string of the molecule is CC(C)(C)OC(=O)[C@@](Cc1ccc(OBr)cc1)(NC(=O)OCc1ccccc1)C(=O)O. The Kier molecular flexibility index (Phi) is 8.04. The zero-order valence-electron chi connectivity index (χ0n) is 17.4. The predicted molar refractivity (Wildman–Crippen MR) is 116 cm³/mol. The van der Waals surface area contributed by atoms with E-state index in [1.807, 2.05) is 6.07 Å². The van der Waals surface area contributed by atoms with Gasteiger partial charge in [0.15, 0.2) is 16.3 Å². The molecule has 0 spiro atoms. The molecule has 0 aromatic heterocycles. The van der Waals surface area contributed by atoms with Crippen LogP contribution in [0.5, 0.6) is 5.75 Å². The van der Waals surface area contributed by atoms with Gasteiger partial charge in [-0.05, 0) is 44.0 Å². The number of amides is 1. The molecule has 0 bridgehead atoms. The maximum Gasteiger partial charge on any atom is 0.408 e. The van der Waals surface area contributed by atoms with E-state index >= 15 is 0 Å². The lowest BCUT2D eigenvalue weighted by Crippen LogP contribution is -2.63. The zero-order chi connectivity index (χ0) is 23.1. The number of carbonyl (C=O) groups excluding carboxylic acids is 2. The van der Waals surface area contributed by atoms with E-state index in [9.17, 15) is 19.5 Å². The summed E-state index contributed by atoms with van der Waals surface area (Å²) in [5.41, 5.74) is -2.19. The molecule has 2 aromatic rings. The number of alkyl carbamates (subject to hydrolysis) is 1. The average molecular weight is 494 g/mol. The van der Waals surface area contributed by atoms with Crippen LogP contribution in [0.4, 0.5) is 4.79 Å².